The molecule has 0 aliphatic heterocycles. The van der Waals surface area contributed by atoms with Crippen molar-refractivity contribution in [2.45, 2.75) is 20.0 Å². The number of hydrogen-bond acceptors (Lipinski definition) is 3. The van der Waals surface area contributed by atoms with Crippen LogP contribution in [0.4, 0.5) is 0 Å². The first kappa shape index (κ1) is 18.6. The Hall–Kier alpha value is -3.73. The average Bonchev–Trinajstić information content (AvgIpc) is 3.10. The number of Topliss-reactive ketones (excluding diaryl/α,β-unsaturated/α-hetero) is 1. The highest BCUT2D eigenvalue weighted by Crippen LogP contribution is 2.17. The maximum Gasteiger partial charge on any atom is 0.251 e. The van der Waals surface area contributed by atoms with Crippen LogP contribution in [0.2, 0.25) is 0 Å². The summed E-state index contributed by atoms with van der Waals surface area (Å²) in [6.07, 6.45) is 0. The fraction of sp³-hybridized carbons (Fsp3) is 0.125. The normalized spacial score (nSPS) is 10.8. The van der Waals surface area contributed by atoms with Crippen LogP contribution in [-0.2, 0) is 13.1 Å². The van der Waals surface area contributed by atoms with Crippen LogP contribution < -0.4 is 5.32 Å². The Labute approximate surface area is 169 Å². The molecule has 0 saturated carbocycles. The Balaban J connectivity index is 1.61. The summed E-state index contributed by atoms with van der Waals surface area (Å²) in [6, 6.07) is 24.3. The third-order valence-electron chi connectivity index (χ3n) is 4.93. The summed E-state index contributed by atoms with van der Waals surface area (Å²) in [5.41, 5.74) is 3.87. The van der Waals surface area contributed by atoms with E-state index in [2.05, 4.69) is 10.3 Å². The van der Waals surface area contributed by atoms with Crippen molar-refractivity contribution in [1.29, 1.82) is 0 Å². The minimum Gasteiger partial charge on any atom is -0.345 e. The number of hydrogen-bond donors (Lipinski definition) is 1. The molecular weight excluding hydrogens is 362 g/mol. The van der Waals surface area contributed by atoms with Crippen LogP contribution >= 0.6 is 0 Å². The lowest BCUT2D eigenvalue weighted by molar-refractivity contribution is 0.0949. The van der Waals surface area contributed by atoms with E-state index in [0.29, 0.717) is 17.0 Å². The molecule has 3 aromatic carbocycles. The molecule has 5 nitrogen and oxygen atoms in total. The van der Waals surface area contributed by atoms with Crippen molar-refractivity contribution in [3.8, 4) is 0 Å². The number of aromatic nitrogens is 2. The van der Waals surface area contributed by atoms with Gasteiger partial charge in [0.2, 0.25) is 0 Å². The Morgan fingerprint density at radius 3 is 2.38 bits per heavy atom. The molecule has 0 aliphatic rings. The monoisotopic (exact) mass is 383 g/mol. The van der Waals surface area contributed by atoms with Gasteiger partial charge in [0.1, 0.15) is 5.82 Å². The maximum atomic E-state index is 12.8. The first-order chi connectivity index (χ1) is 14.1. The van der Waals surface area contributed by atoms with E-state index in [1.165, 1.54) is 0 Å². The van der Waals surface area contributed by atoms with E-state index in [4.69, 9.17) is 0 Å². The van der Waals surface area contributed by atoms with Crippen LogP contribution in [0.15, 0.2) is 78.9 Å². The van der Waals surface area contributed by atoms with Gasteiger partial charge in [0.05, 0.1) is 24.1 Å². The topological polar surface area (TPSA) is 64.0 Å². The van der Waals surface area contributed by atoms with Crippen molar-refractivity contribution < 1.29 is 9.59 Å². The zero-order chi connectivity index (χ0) is 20.2. The summed E-state index contributed by atoms with van der Waals surface area (Å²) >= 11 is 0. The Bertz CT molecular complexity index is 1180. The van der Waals surface area contributed by atoms with Gasteiger partial charge in [-0.1, -0.05) is 60.7 Å². The number of rotatable bonds is 6. The number of fused-ring (bicyclic) bond motifs is 1. The van der Waals surface area contributed by atoms with E-state index in [1.54, 1.807) is 18.2 Å². The lowest BCUT2D eigenvalue weighted by Gasteiger charge is -2.11. The van der Waals surface area contributed by atoms with Crippen molar-refractivity contribution in [3.63, 3.8) is 0 Å². The second-order valence-electron chi connectivity index (χ2n) is 6.89. The van der Waals surface area contributed by atoms with Crippen LogP contribution in [0.1, 0.15) is 32.1 Å². The number of carbonyl (C=O) groups excluding carboxylic acids is 2. The van der Waals surface area contributed by atoms with E-state index in [-0.39, 0.29) is 24.8 Å². The van der Waals surface area contributed by atoms with Crippen molar-refractivity contribution in [2.24, 2.45) is 0 Å². The highest BCUT2D eigenvalue weighted by Gasteiger charge is 2.16. The largest absolute Gasteiger partial charge is 0.345 e. The van der Waals surface area contributed by atoms with Gasteiger partial charge < -0.3 is 9.88 Å². The standard InChI is InChI=1S/C24H21N3O2/c1-17-9-5-6-12-19(17)24(29)25-15-23-26-20-13-7-8-14-21(20)27(23)16-22(28)18-10-3-2-4-11-18/h2-14H,15-16H2,1H3,(H,25,29). The Morgan fingerprint density at radius 2 is 1.59 bits per heavy atom. The SMILES string of the molecule is Cc1ccccc1C(=O)NCc1nc2ccccc2n1CC(=O)c1ccccc1. The summed E-state index contributed by atoms with van der Waals surface area (Å²) in [5, 5.41) is 2.94. The van der Waals surface area contributed by atoms with Crippen LogP contribution in [0.3, 0.4) is 0 Å². The molecule has 1 heterocycles. The van der Waals surface area contributed by atoms with E-state index in [1.807, 2.05) is 72.2 Å². The van der Waals surface area contributed by atoms with Gasteiger partial charge in [-0.05, 0) is 30.7 Å². The van der Waals surface area contributed by atoms with Gasteiger partial charge in [0.15, 0.2) is 5.78 Å². The minimum atomic E-state index is -0.156. The highest BCUT2D eigenvalue weighted by atomic mass is 16.1. The van der Waals surface area contributed by atoms with Crippen molar-refractivity contribution in [3.05, 3.63) is 101 Å². The van der Waals surface area contributed by atoms with Crippen molar-refractivity contribution in [1.82, 2.24) is 14.9 Å². The number of aryl methyl sites for hydroxylation is 1. The number of carbonyl (C=O) groups is 2. The molecule has 4 aromatic rings. The number of nitrogens with zero attached hydrogens (tertiary/aromatic N) is 2. The number of benzene rings is 3. The van der Waals surface area contributed by atoms with Gasteiger partial charge in [-0.25, -0.2) is 4.98 Å². The molecule has 1 N–H and O–H groups in total. The van der Waals surface area contributed by atoms with E-state index >= 15 is 0 Å². The molecule has 144 valence electrons. The van der Waals surface area contributed by atoms with Gasteiger partial charge in [-0.3, -0.25) is 9.59 Å². The second kappa shape index (κ2) is 8.10. The van der Waals surface area contributed by atoms with Gasteiger partial charge in [0, 0.05) is 11.1 Å². The van der Waals surface area contributed by atoms with Crippen LogP contribution in [-0.4, -0.2) is 21.2 Å². The molecule has 0 aliphatic carbocycles. The first-order valence-corrected chi connectivity index (χ1v) is 9.49. The van der Waals surface area contributed by atoms with Gasteiger partial charge >= 0.3 is 0 Å². The van der Waals surface area contributed by atoms with Gasteiger partial charge in [0.25, 0.3) is 5.91 Å². The van der Waals surface area contributed by atoms with E-state index < -0.39 is 0 Å². The molecule has 5 heteroatoms. The average molecular weight is 383 g/mol. The van der Waals surface area contributed by atoms with Crippen LogP contribution in [0.5, 0.6) is 0 Å². The summed E-state index contributed by atoms with van der Waals surface area (Å²) in [7, 11) is 0. The Kier molecular flexibility index (Phi) is 5.20. The molecule has 0 spiro atoms. The molecule has 0 saturated heterocycles. The lowest BCUT2D eigenvalue weighted by Crippen LogP contribution is -2.26. The minimum absolute atomic E-state index is 0.000216. The predicted molar refractivity (Wildman–Crippen MR) is 113 cm³/mol. The second-order valence-corrected chi connectivity index (χ2v) is 6.89. The molecular formula is C24H21N3O2. The predicted octanol–water partition coefficient (Wildman–Crippen LogP) is 4.16. The molecule has 0 radical (unpaired) electrons. The number of nitrogens with one attached hydrogen (secondary N) is 1. The van der Waals surface area contributed by atoms with Crippen molar-refractivity contribution >= 4 is 22.7 Å². The zero-order valence-electron chi connectivity index (χ0n) is 16.1. The quantitative estimate of drug-likeness (QED) is 0.509. The number of imidazole rings is 1. The van der Waals surface area contributed by atoms with E-state index in [9.17, 15) is 9.59 Å². The fourth-order valence-electron chi connectivity index (χ4n) is 3.38. The summed E-state index contributed by atoms with van der Waals surface area (Å²) in [6.45, 7) is 2.31. The maximum absolute atomic E-state index is 12.8. The molecule has 0 atom stereocenters. The molecule has 29 heavy (non-hydrogen) atoms. The van der Waals surface area contributed by atoms with E-state index in [0.717, 1.165) is 16.6 Å². The molecule has 4 rings (SSSR count). The highest BCUT2D eigenvalue weighted by molar-refractivity contribution is 5.97. The summed E-state index contributed by atoms with van der Waals surface area (Å²) in [5.74, 6) is 0.494. The third-order valence-corrected chi connectivity index (χ3v) is 4.93. The summed E-state index contributed by atoms with van der Waals surface area (Å²) in [4.78, 5) is 30.0. The third kappa shape index (κ3) is 3.94. The number of amides is 1. The summed E-state index contributed by atoms with van der Waals surface area (Å²) < 4.78 is 1.88. The molecule has 0 unspecified atom stereocenters. The molecule has 1 aromatic heterocycles. The smallest absolute Gasteiger partial charge is 0.251 e. The number of para-hydroxylation sites is 2. The van der Waals surface area contributed by atoms with Crippen LogP contribution in [0.25, 0.3) is 11.0 Å². The Morgan fingerprint density at radius 1 is 0.897 bits per heavy atom. The first-order valence-electron chi connectivity index (χ1n) is 9.49. The van der Waals surface area contributed by atoms with Gasteiger partial charge in [-0.2, -0.15) is 0 Å². The lowest BCUT2D eigenvalue weighted by atomic mass is 10.1. The fourth-order valence-corrected chi connectivity index (χ4v) is 3.38. The van der Waals surface area contributed by atoms with Crippen molar-refractivity contribution in [2.75, 3.05) is 0 Å². The molecule has 0 bridgehead atoms. The molecule has 1 amide bonds. The van der Waals surface area contributed by atoms with Crippen LogP contribution in [0, 0.1) is 6.92 Å². The van der Waals surface area contributed by atoms with Gasteiger partial charge in [-0.15, -0.1) is 0 Å². The number of ketones is 1. The zero-order valence-corrected chi connectivity index (χ0v) is 16.1. The molecule has 0 fully saturated rings.